The minimum absolute atomic E-state index is 0.0540. The summed E-state index contributed by atoms with van der Waals surface area (Å²) < 4.78 is 1.93. The molecule has 1 N–H and O–H groups in total. The number of anilines is 1. The molecule has 0 saturated heterocycles. The minimum atomic E-state index is -0.0540. The highest BCUT2D eigenvalue weighted by Crippen LogP contribution is 2.24. The Morgan fingerprint density at radius 3 is 2.80 bits per heavy atom. The van der Waals surface area contributed by atoms with Crippen molar-refractivity contribution in [3.8, 4) is 0 Å². The summed E-state index contributed by atoms with van der Waals surface area (Å²) in [5.41, 5.74) is 1.32. The molecule has 1 aromatic heterocycles. The molecule has 2 rings (SSSR count). The van der Waals surface area contributed by atoms with E-state index in [4.69, 9.17) is 11.6 Å². The van der Waals surface area contributed by atoms with Gasteiger partial charge in [0, 0.05) is 39.1 Å². The van der Waals surface area contributed by atoms with Gasteiger partial charge in [0.2, 0.25) is 0 Å². The van der Waals surface area contributed by atoms with E-state index in [1.165, 1.54) is 4.90 Å². The Bertz CT molecular complexity index is 621. The zero-order valence-electron chi connectivity index (χ0n) is 11.7. The van der Waals surface area contributed by atoms with Crippen LogP contribution in [-0.2, 0) is 13.6 Å². The molecule has 0 spiro atoms. The van der Waals surface area contributed by atoms with Crippen LogP contribution in [0.1, 0.15) is 16.2 Å². The summed E-state index contributed by atoms with van der Waals surface area (Å²) >= 11 is 6.15. The average molecular weight is 293 g/mol. The lowest BCUT2D eigenvalue weighted by molar-refractivity contribution is 0.0827. The van der Waals surface area contributed by atoms with Gasteiger partial charge in [-0.15, -0.1) is 0 Å². The first-order valence-electron chi connectivity index (χ1n) is 6.20. The number of carbonyl (C=O) groups is 1. The number of aryl methyl sites for hydroxylation is 1. The first-order valence-corrected chi connectivity index (χ1v) is 6.58. The van der Waals surface area contributed by atoms with E-state index in [1.807, 2.05) is 17.8 Å². The maximum absolute atomic E-state index is 11.9. The van der Waals surface area contributed by atoms with E-state index < -0.39 is 0 Å². The number of nitrogens with one attached hydrogen (secondary N) is 1. The summed E-state index contributed by atoms with van der Waals surface area (Å²) in [5, 5.41) is 3.78. The van der Waals surface area contributed by atoms with Crippen LogP contribution in [0.4, 0.5) is 5.69 Å². The summed E-state index contributed by atoms with van der Waals surface area (Å²) in [6.07, 6.45) is 3.62. The summed E-state index contributed by atoms with van der Waals surface area (Å²) in [6, 6.07) is 5.20. The molecule has 20 heavy (non-hydrogen) atoms. The van der Waals surface area contributed by atoms with Gasteiger partial charge in [0.25, 0.3) is 5.91 Å². The molecular formula is C14H17ClN4O. The second kappa shape index (κ2) is 5.96. The fourth-order valence-corrected chi connectivity index (χ4v) is 1.98. The molecule has 0 atom stereocenters. The molecular weight excluding hydrogens is 276 g/mol. The lowest BCUT2D eigenvalue weighted by atomic mass is 10.2. The molecule has 0 saturated carbocycles. The van der Waals surface area contributed by atoms with Crippen LogP contribution in [-0.4, -0.2) is 34.5 Å². The zero-order valence-corrected chi connectivity index (χ0v) is 12.5. The van der Waals surface area contributed by atoms with Crippen molar-refractivity contribution in [2.24, 2.45) is 7.05 Å². The number of hydrogen-bond donors (Lipinski definition) is 1. The summed E-state index contributed by atoms with van der Waals surface area (Å²) in [5.74, 6) is 0.840. The molecule has 1 aromatic carbocycles. The van der Waals surface area contributed by atoms with E-state index >= 15 is 0 Å². The van der Waals surface area contributed by atoms with Crippen LogP contribution in [0.15, 0.2) is 30.6 Å². The quantitative estimate of drug-likeness (QED) is 0.941. The van der Waals surface area contributed by atoms with Gasteiger partial charge in [-0.05, 0) is 18.2 Å². The number of carbonyl (C=O) groups excluding carboxylic acids is 1. The topological polar surface area (TPSA) is 50.2 Å². The Labute approximate surface area is 123 Å². The Balaban J connectivity index is 2.17. The van der Waals surface area contributed by atoms with Crippen molar-refractivity contribution in [1.82, 2.24) is 14.5 Å². The van der Waals surface area contributed by atoms with E-state index in [0.29, 0.717) is 17.1 Å². The number of rotatable bonds is 4. The van der Waals surface area contributed by atoms with Gasteiger partial charge < -0.3 is 14.8 Å². The molecule has 0 bridgehead atoms. The van der Waals surface area contributed by atoms with Crippen molar-refractivity contribution in [2.75, 3.05) is 19.4 Å². The van der Waals surface area contributed by atoms with Gasteiger partial charge in [0.15, 0.2) is 0 Å². The Morgan fingerprint density at radius 1 is 1.45 bits per heavy atom. The molecule has 106 valence electrons. The number of amides is 1. The number of imidazole rings is 1. The lowest BCUT2D eigenvalue weighted by Gasteiger charge is -2.13. The van der Waals surface area contributed by atoms with Crippen molar-refractivity contribution in [2.45, 2.75) is 6.54 Å². The third-order valence-electron chi connectivity index (χ3n) is 2.98. The standard InChI is InChI=1S/C14H17ClN4O/c1-18(2)14(20)10-4-5-11(15)12(8-10)17-9-13-16-6-7-19(13)3/h4-8,17H,9H2,1-3H3. The highest BCUT2D eigenvalue weighted by atomic mass is 35.5. The molecule has 2 aromatic rings. The second-order valence-corrected chi connectivity index (χ2v) is 5.11. The molecule has 1 amide bonds. The smallest absolute Gasteiger partial charge is 0.253 e. The Kier molecular flexibility index (Phi) is 4.29. The molecule has 0 radical (unpaired) electrons. The van der Waals surface area contributed by atoms with Crippen LogP contribution < -0.4 is 5.32 Å². The number of aromatic nitrogens is 2. The van der Waals surface area contributed by atoms with E-state index in [0.717, 1.165) is 11.5 Å². The van der Waals surface area contributed by atoms with Crippen molar-refractivity contribution in [3.63, 3.8) is 0 Å². The maximum atomic E-state index is 11.9. The molecule has 0 aliphatic carbocycles. The number of nitrogens with zero attached hydrogens (tertiary/aromatic N) is 3. The molecule has 1 heterocycles. The Morgan fingerprint density at radius 2 is 2.20 bits per heavy atom. The predicted octanol–water partition coefficient (Wildman–Crippen LogP) is 2.39. The maximum Gasteiger partial charge on any atom is 0.253 e. The van der Waals surface area contributed by atoms with Crippen LogP contribution in [0, 0.1) is 0 Å². The SMILES string of the molecule is CN(C)C(=O)c1ccc(Cl)c(NCc2nccn2C)c1. The van der Waals surface area contributed by atoms with E-state index in [-0.39, 0.29) is 5.91 Å². The first kappa shape index (κ1) is 14.4. The normalized spacial score (nSPS) is 10.4. The van der Waals surface area contributed by atoms with Crippen LogP contribution in [0.2, 0.25) is 5.02 Å². The average Bonchev–Trinajstić information content (AvgIpc) is 2.82. The summed E-state index contributed by atoms with van der Waals surface area (Å²) in [7, 11) is 5.37. The predicted molar refractivity (Wildman–Crippen MR) is 80.0 cm³/mol. The van der Waals surface area contributed by atoms with Crippen molar-refractivity contribution in [3.05, 3.63) is 47.0 Å². The molecule has 5 nitrogen and oxygen atoms in total. The third kappa shape index (κ3) is 3.11. The number of hydrogen-bond acceptors (Lipinski definition) is 3. The highest BCUT2D eigenvalue weighted by Gasteiger charge is 2.11. The number of benzene rings is 1. The molecule has 6 heteroatoms. The molecule has 0 aliphatic rings. The van der Waals surface area contributed by atoms with Crippen molar-refractivity contribution in [1.29, 1.82) is 0 Å². The highest BCUT2D eigenvalue weighted by molar-refractivity contribution is 6.33. The van der Waals surface area contributed by atoms with Crippen molar-refractivity contribution < 1.29 is 4.79 Å². The van der Waals surface area contributed by atoms with Gasteiger partial charge in [-0.25, -0.2) is 4.98 Å². The fraction of sp³-hybridized carbons (Fsp3) is 0.286. The van der Waals surface area contributed by atoms with Gasteiger partial charge in [-0.1, -0.05) is 11.6 Å². The Hall–Kier alpha value is -2.01. The molecule has 0 aliphatic heterocycles. The third-order valence-corrected chi connectivity index (χ3v) is 3.31. The van der Waals surface area contributed by atoms with Crippen LogP contribution in [0.3, 0.4) is 0 Å². The van der Waals surface area contributed by atoms with Gasteiger partial charge in [0.05, 0.1) is 17.3 Å². The van der Waals surface area contributed by atoms with Gasteiger partial charge in [0.1, 0.15) is 5.82 Å². The lowest BCUT2D eigenvalue weighted by Crippen LogP contribution is -2.21. The summed E-state index contributed by atoms with van der Waals surface area (Å²) in [4.78, 5) is 17.7. The largest absolute Gasteiger partial charge is 0.377 e. The van der Waals surface area contributed by atoms with Crippen LogP contribution in [0.25, 0.3) is 0 Å². The summed E-state index contributed by atoms with van der Waals surface area (Å²) in [6.45, 7) is 0.544. The van der Waals surface area contributed by atoms with Gasteiger partial charge in [-0.3, -0.25) is 4.79 Å². The van der Waals surface area contributed by atoms with E-state index in [9.17, 15) is 4.79 Å². The molecule has 0 unspecified atom stereocenters. The minimum Gasteiger partial charge on any atom is -0.377 e. The van der Waals surface area contributed by atoms with Crippen molar-refractivity contribution >= 4 is 23.2 Å². The van der Waals surface area contributed by atoms with E-state index in [1.54, 1.807) is 38.5 Å². The molecule has 0 fully saturated rings. The number of halogens is 1. The fourth-order valence-electron chi connectivity index (χ4n) is 1.79. The zero-order chi connectivity index (χ0) is 14.7. The van der Waals surface area contributed by atoms with Gasteiger partial charge in [-0.2, -0.15) is 0 Å². The monoisotopic (exact) mass is 292 g/mol. The van der Waals surface area contributed by atoms with E-state index in [2.05, 4.69) is 10.3 Å². The first-order chi connectivity index (χ1) is 9.49. The van der Waals surface area contributed by atoms with Crippen LogP contribution >= 0.6 is 11.6 Å². The van der Waals surface area contributed by atoms with Crippen LogP contribution in [0.5, 0.6) is 0 Å². The second-order valence-electron chi connectivity index (χ2n) is 4.70. The van der Waals surface area contributed by atoms with Gasteiger partial charge >= 0.3 is 0 Å².